The Labute approximate surface area is 162 Å². The predicted molar refractivity (Wildman–Crippen MR) is 107 cm³/mol. The molecule has 8 heteroatoms. The van der Waals surface area contributed by atoms with E-state index in [-0.39, 0.29) is 24.3 Å². The van der Waals surface area contributed by atoms with Crippen LogP contribution in [0.5, 0.6) is 0 Å². The fraction of sp³-hybridized carbons (Fsp3) is 0.526. The van der Waals surface area contributed by atoms with Crippen molar-refractivity contribution in [2.24, 2.45) is 11.7 Å². The lowest BCUT2D eigenvalue weighted by Crippen LogP contribution is -2.53. The van der Waals surface area contributed by atoms with Crippen LogP contribution in [0.25, 0.3) is 10.2 Å². The van der Waals surface area contributed by atoms with Crippen molar-refractivity contribution in [2.45, 2.75) is 12.8 Å². The van der Waals surface area contributed by atoms with E-state index in [0.717, 1.165) is 56.2 Å². The van der Waals surface area contributed by atoms with Crippen LogP contribution in [0, 0.1) is 5.92 Å². The Bertz CT molecular complexity index is 797. The summed E-state index contributed by atoms with van der Waals surface area (Å²) in [5.74, 6) is -0.132. The number of thiazole rings is 1. The van der Waals surface area contributed by atoms with Crippen molar-refractivity contribution in [1.82, 2.24) is 14.8 Å². The van der Waals surface area contributed by atoms with E-state index in [0.29, 0.717) is 6.54 Å². The molecule has 144 valence electrons. The van der Waals surface area contributed by atoms with Crippen molar-refractivity contribution < 1.29 is 9.59 Å². The SMILES string of the molecule is NC(=O)CN1CCC[C@@H](C(=O)N2CCN(c3nc4ccccc4s3)CC2)C1. The molecule has 1 atom stereocenters. The Morgan fingerprint density at radius 2 is 1.93 bits per heavy atom. The van der Waals surface area contributed by atoms with Crippen molar-refractivity contribution in [1.29, 1.82) is 0 Å². The smallest absolute Gasteiger partial charge is 0.231 e. The molecule has 2 aromatic rings. The second kappa shape index (κ2) is 7.82. The van der Waals surface area contributed by atoms with Gasteiger partial charge in [-0.15, -0.1) is 0 Å². The van der Waals surface area contributed by atoms with Crippen LogP contribution < -0.4 is 10.6 Å². The van der Waals surface area contributed by atoms with Gasteiger partial charge in [0.1, 0.15) is 0 Å². The van der Waals surface area contributed by atoms with Gasteiger partial charge in [-0.1, -0.05) is 23.5 Å². The molecule has 2 N–H and O–H groups in total. The maximum atomic E-state index is 12.9. The molecule has 0 aliphatic carbocycles. The molecule has 2 fully saturated rings. The molecule has 3 heterocycles. The van der Waals surface area contributed by atoms with Gasteiger partial charge in [0.25, 0.3) is 0 Å². The number of carbonyl (C=O) groups excluding carboxylic acids is 2. The zero-order chi connectivity index (χ0) is 18.8. The summed E-state index contributed by atoms with van der Waals surface area (Å²) in [7, 11) is 0. The minimum absolute atomic E-state index is 0.0212. The molecular weight excluding hydrogens is 362 g/mol. The molecule has 0 unspecified atom stereocenters. The first-order chi connectivity index (χ1) is 13.1. The van der Waals surface area contributed by atoms with E-state index in [9.17, 15) is 9.59 Å². The first-order valence-electron chi connectivity index (χ1n) is 9.50. The van der Waals surface area contributed by atoms with Gasteiger partial charge in [0.2, 0.25) is 11.8 Å². The molecule has 0 radical (unpaired) electrons. The topological polar surface area (TPSA) is 82.8 Å². The highest BCUT2D eigenvalue weighted by Crippen LogP contribution is 2.29. The average molecular weight is 388 g/mol. The predicted octanol–water partition coefficient (Wildman–Crippen LogP) is 1.14. The van der Waals surface area contributed by atoms with Crippen LogP contribution in [0.4, 0.5) is 5.13 Å². The number of piperazine rings is 1. The monoisotopic (exact) mass is 387 g/mol. The lowest BCUT2D eigenvalue weighted by molar-refractivity contribution is -0.138. The number of amides is 2. The molecule has 2 aliphatic rings. The molecule has 0 saturated carbocycles. The summed E-state index contributed by atoms with van der Waals surface area (Å²) in [6.45, 7) is 4.79. The number of nitrogens with zero attached hydrogens (tertiary/aromatic N) is 4. The van der Waals surface area contributed by atoms with E-state index in [4.69, 9.17) is 10.7 Å². The lowest BCUT2D eigenvalue weighted by atomic mass is 9.96. The number of rotatable bonds is 4. The summed E-state index contributed by atoms with van der Waals surface area (Å²) >= 11 is 1.71. The molecule has 7 nitrogen and oxygen atoms in total. The Hall–Kier alpha value is -2.19. The van der Waals surface area contributed by atoms with Gasteiger partial charge in [-0.3, -0.25) is 14.5 Å². The normalized spacial score (nSPS) is 21.6. The molecule has 27 heavy (non-hydrogen) atoms. The molecule has 1 aromatic carbocycles. The number of carbonyl (C=O) groups is 2. The lowest BCUT2D eigenvalue weighted by Gasteiger charge is -2.38. The average Bonchev–Trinajstić information content (AvgIpc) is 3.11. The molecule has 4 rings (SSSR count). The van der Waals surface area contributed by atoms with Gasteiger partial charge in [0.05, 0.1) is 22.7 Å². The van der Waals surface area contributed by atoms with Crippen molar-refractivity contribution in [2.75, 3.05) is 50.7 Å². The van der Waals surface area contributed by atoms with E-state index in [1.54, 1.807) is 11.3 Å². The quantitative estimate of drug-likeness (QED) is 0.851. The number of para-hydroxylation sites is 1. The third-order valence-electron chi connectivity index (χ3n) is 5.38. The number of fused-ring (bicyclic) bond motifs is 1. The molecule has 2 aliphatic heterocycles. The van der Waals surface area contributed by atoms with Gasteiger partial charge in [-0.25, -0.2) is 4.98 Å². The van der Waals surface area contributed by atoms with Gasteiger partial charge in [-0.05, 0) is 31.5 Å². The molecular formula is C19H25N5O2S. The highest BCUT2D eigenvalue weighted by molar-refractivity contribution is 7.22. The maximum absolute atomic E-state index is 12.9. The van der Waals surface area contributed by atoms with Crippen LogP contribution in [0.3, 0.4) is 0 Å². The number of nitrogens with two attached hydrogens (primary N) is 1. The Kier molecular flexibility index (Phi) is 5.27. The summed E-state index contributed by atoms with van der Waals surface area (Å²) in [6.07, 6.45) is 1.83. The third-order valence-corrected chi connectivity index (χ3v) is 6.48. The standard InChI is InChI=1S/C19H25N5O2S/c20-17(25)13-22-7-3-4-14(12-22)18(26)23-8-10-24(11-9-23)19-21-15-5-1-2-6-16(15)27-19/h1-2,5-6,14H,3-4,7-13H2,(H2,20,25)/t14-/m1/s1. The maximum Gasteiger partial charge on any atom is 0.231 e. The molecule has 0 spiro atoms. The highest BCUT2D eigenvalue weighted by atomic mass is 32.1. The molecule has 0 bridgehead atoms. The number of hydrogen-bond acceptors (Lipinski definition) is 6. The molecule has 1 aromatic heterocycles. The van der Waals surface area contributed by atoms with Crippen LogP contribution in [0.15, 0.2) is 24.3 Å². The van der Waals surface area contributed by atoms with E-state index in [1.165, 1.54) is 4.70 Å². The van der Waals surface area contributed by atoms with Gasteiger partial charge in [-0.2, -0.15) is 0 Å². The first kappa shape index (κ1) is 18.2. The zero-order valence-electron chi connectivity index (χ0n) is 15.3. The Morgan fingerprint density at radius 1 is 1.15 bits per heavy atom. The summed E-state index contributed by atoms with van der Waals surface area (Å²) in [6, 6.07) is 8.17. The van der Waals surface area contributed by atoms with Gasteiger partial charge < -0.3 is 15.5 Å². The van der Waals surface area contributed by atoms with Crippen molar-refractivity contribution >= 4 is 38.5 Å². The van der Waals surface area contributed by atoms with Gasteiger partial charge in [0, 0.05) is 32.7 Å². The minimum Gasteiger partial charge on any atom is -0.369 e. The summed E-state index contributed by atoms with van der Waals surface area (Å²) in [5.41, 5.74) is 6.33. The van der Waals surface area contributed by atoms with E-state index < -0.39 is 0 Å². The highest BCUT2D eigenvalue weighted by Gasteiger charge is 2.31. The van der Waals surface area contributed by atoms with Crippen molar-refractivity contribution in [3.8, 4) is 0 Å². The second-order valence-electron chi connectivity index (χ2n) is 7.32. The largest absolute Gasteiger partial charge is 0.369 e. The number of piperidine rings is 1. The number of benzene rings is 1. The van der Waals surface area contributed by atoms with Crippen LogP contribution in [-0.4, -0.2) is 72.4 Å². The van der Waals surface area contributed by atoms with Crippen LogP contribution >= 0.6 is 11.3 Å². The fourth-order valence-corrected chi connectivity index (χ4v) is 5.01. The fourth-order valence-electron chi connectivity index (χ4n) is 3.99. The van der Waals surface area contributed by atoms with Crippen LogP contribution in [-0.2, 0) is 9.59 Å². The molecule has 2 amide bonds. The third kappa shape index (κ3) is 4.06. The number of hydrogen-bond donors (Lipinski definition) is 1. The number of likely N-dealkylation sites (tertiary alicyclic amines) is 1. The van der Waals surface area contributed by atoms with E-state index in [1.807, 2.05) is 28.0 Å². The number of anilines is 1. The second-order valence-corrected chi connectivity index (χ2v) is 8.33. The summed E-state index contributed by atoms with van der Waals surface area (Å²) in [5, 5.41) is 1.04. The van der Waals surface area contributed by atoms with Gasteiger partial charge in [0.15, 0.2) is 5.13 Å². The van der Waals surface area contributed by atoms with E-state index >= 15 is 0 Å². The van der Waals surface area contributed by atoms with Crippen molar-refractivity contribution in [3.63, 3.8) is 0 Å². The van der Waals surface area contributed by atoms with E-state index in [2.05, 4.69) is 11.0 Å². The minimum atomic E-state index is -0.326. The number of aromatic nitrogens is 1. The Morgan fingerprint density at radius 3 is 2.67 bits per heavy atom. The summed E-state index contributed by atoms with van der Waals surface area (Å²) in [4.78, 5) is 35.1. The number of primary amides is 1. The van der Waals surface area contributed by atoms with Crippen LogP contribution in [0.1, 0.15) is 12.8 Å². The van der Waals surface area contributed by atoms with Crippen molar-refractivity contribution in [3.05, 3.63) is 24.3 Å². The zero-order valence-corrected chi connectivity index (χ0v) is 16.2. The Balaban J connectivity index is 1.34. The van der Waals surface area contributed by atoms with Crippen LogP contribution in [0.2, 0.25) is 0 Å². The van der Waals surface area contributed by atoms with Gasteiger partial charge >= 0.3 is 0 Å². The summed E-state index contributed by atoms with van der Waals surface area (Å²) < 4.78 is 1.20. The molecule has 2 saturated heterocycles. The first-order valence-corrected chi connectivity index (χ1v) is 10.3.